The minimum absolute atomic E-state index is 0.731. The fraction of sp³-hybridized carbons (Fsp3) is 1.00. The zero-order valence-corrected chi connectivity index (χ0v) is 6.52. The topological polar surface area (TPSA) is 18.5 Å². The van der Waals surface area contributed by atoms with E-state index in [9.17, 15) is 0 Å². The Balaban J connectivity index is 2.83. The predicted molar refractivity (Wildman–Crippen MR) is 30.1 cm³/mol. The zero-order valence-electron chi connectivity index (χ0n) is 4.52. The first-order valence-corrected chi connectivity index (χ1v) is 4.33. The molecule has 4 radical (unpaired) electrons. The van der Waals surface area contributed by atoms with Crippen LogP contribution >= 0.6 is 0 Å². The van der Waals surface area contributed by atoms with Gasteiger partial charge in [0.15, 0.2) is 0 Å². The zero-order chi connectivity index (χ0) is 5.70. The summed E-state index contributed by atoms with van der Waals surface area (Å²) >= 11 is 0. The van der Waals surface area contributed by atoms with E-state index in [4.69, 9.17) is 4.43 Å². The van der Waals surface area contributed by atoms with E-state index >= 15 is 0 Å². The Kier molecular flexibility index (Phi) is 4.74. The van der Waals surface area contributed by atoms with Gasteiger partial charge in [-0.05, 0) is 13.5 Å². The average molecular weight is 132 g/mol. The van der Waals surface area contributed by atoms with Gasteiger partial charge in [0.05, 0.1) is 0 Å². The van der Waals surface area contributed by atoms with Crippen molar-refractivity contribution in [1.82, 2.24) is 0 Å². The lowest BCUT2D eigenvalue weighted by Crippen LogP contribution is -2.16. The molecule has 0 saturated heterocycles. The fourth-order valence-electron chi connectivity index (χ4n) is 0.233. The Morgan fingerprint density at radius 3 is 2.43 bits per heavy atom. The van der Waals surface area contributed by atoms with Crippen molar-refractivity contribution in [3.63, 3.8) is 0 Å². The largest absolute Gasteiger partial charge is 0.436 e. The molecule has 40 valence electrons. The second-order valence-electron chi connectivity index (χ2n) is 1.03. The molecule has 0 atom stereocenters. The van der Waals surface area contributed by atoms with Crippen LogP contribution in [0.1, 0.15) is 6.92 Å². The normalized spacial score (nSPS) is 10.3. The molecule has 0 N–H and O–H groups in total. The van der Waals surface area contributed by atoms with Crippen LogP contribution in [-0.4, -0.2) is 26.4 Å². The molecule has 2 nitrogen and oxygen atoms in total. The summed E-state index contributed by atoms with van der Waals surface area (Å²) in [7, 11) is 1.91. The van der Waals surface area contributed by atoms with E-state index < -0.39 is 9.28 Å². The van der Waals surface area contributed by atoms with Crippen LogP contribution in [0.25, 0.3) is 0 Å². The Labute approximate surface area is 49.2 Å². The quantitative estimate of drug-likeness (QED) is 0.512. The first-order valence-electron chi connectivity index (χ1n) is 2.11. The Morgan fingerprint density at radius 1 is 1.71 bits per heavy atom. The van der Waals surface area contributed by atoms with Gasteiger partial charge in [-0.2, -0.15) is 0 Å². The maximum Gasteiger partial charge on any atom is 0.369 e. The second kappa shape index (κ2) is 4.51. The molecular formula is C3H8O2Si2. The van der Waals surface area contributed by atoms with Crippen LogP contribution < -0.4 is 0 Å². The SMILES string of the molecule is CCO[Si](C)O[Si]. The van der Waals surface area contributed by atoms with Gasteiger partial charge in [-0.1, -0.05) is 0 Å². The monoisotopic (exact) mass is 132 g/mol. The summed E-state index contributed by atoms with van der Waals surface area (Å²) < 4.78 is 9.70. The van der Waals surface area contributed by atoms with Crippen molar-refractivity contribution in [2.75, 3.05) is 6.61 Å². The van der Waals surface area contributed by atoms with Gasteiger partial charge >= 0.3 is 9.28 Å². The van der Waals surface area contributed by atoms with Crippen LogP contribution in [0.15, 0.2) is 0 Å². The highest BCUT2D eigenvalue weighted by Gasteiger charge is 1.99. The summed E-state index contributed by atoms with van der Waals surface area (Å²) in [6.45, 7) is 4.59. The first-order chi connectivity index (χ1) is 3.31. The van der Waals surface area contributed by atoms with Crippen LogP contribution in [-0.2, 0) is 8.54 Å². The van der Waals surface area contributed by atoms with Gasteiger partial charge < -0.3 is 8.54 Å². The lowest BCUT2D eigenvalue weighted by Gasteiger charge is -2.02. The predicted octanol–water partition coefficient (Wildman–Crippen LogP) is 0.241. The average Bonchev–Trinajstić information content (AvgIpc) is 1.68. The van der Waals surface area contributed by atoms with Crippen LogP contribution in [0.2, 0.25) is 6.55 Å². The van der Waals surface area contributed by atoms with Gasteiger partial charge in [0.2, 0.25) is 10.5 Å². The summed E-state index contributed by atoms with van der Waals surface area (Å²) in [6.07, 6.45) is 0. The molecule has 0 bridgehead atoms. The van der Waals surface area contributed by atoms with Crippen LogP contribution in [0, 0.1) is 0 Å². The lowest BCUT2D eigenvalue weighted by atomic mass is 10.9. The molecule has 0 aliphatic rings. The van der Waals surface area contributed by atoms with E-state index in [-0.39, 0.29) is 0 Å². The third-order valence-corrected chi connectivity index (χ3v) is 2.34. The number of hydrogen-bond donors (Lipinski definition) is 0. The highest BCUT2D eigenvalue weighted by molar-refractivity contribution is 6.47. The van der Waals surface area contributed by atoms with Crippen molar-refractivity contribution >= 4 is 19.8 Å². The Bertz CT molecular complexity index is 41.9. The van der Waals surface area contributed by atoms with Gasteiger partial charge in [0.25, 0.3) is 0 Å². The van der Waals surface area contributed by atoms with Gasteiger partial charge in [-0.25, -0.2) is 0 Å². The van der Waals surface area contributed by atoms with Gasteiger partial charge in [0, 0.05) is 6.61 Å². The van der Waals surface area contributed by atoms with Gasteiger partial charge in [-0.15, -0.1) is 0 Å². The summed E-state index contributed by atoms with van der Waals surface area (Å²) in [5.74, 6) is 0. The van der Waals surface area contributed by atoms with E-state index in [0.29, 0.717) is 0 Å². The minimum Gasteiger partial charge on any atom is -0.436 e. The second-order valence-corrected chi connectivity index (χ2v) is 3.11. The molecule has 0 aliphatic heterocycles. The van der Waals surface area contributed by atoms with E-state index in [0.717, 1.165) is 6.61 Å². The fourth-order valence-corrected chi connectivity index (χ4v) is 0.875. The van der Waals surface area contributed by atoms with E-state index in [1.54, 1.807) is 0 Å². The molecule has 0 unspecified atom stereocenters. The van der Waals surface area contributed by atoms with Crippen molar-refractivity contribution in [1.29, 1.82) is 0 Å². The van der Waals surface area contributed by atoms with Crippen LogP contribution in [0.3, 0.4) is 0 Å². The first kappa shape index (κ1) is 7.35. The number of hydrogen-bond acceptors (Lipinski definition) is 2. The molecule has 0 heterocycles. The summed E-state index contributed by atoms with van der Waals surface area (Å²) in [4.78, 5) is 0. The maximum atomic E-state index is 5.02. The lowest BCUT2D eigenvalue weighted by molar-refractivity contribution is 0.294. The molecule has 0 spiro atoms. The molecule has 0 saturated carbocycles. The highest BCUT2D eigenvalue weighted by atomic mass is 28.3. The van der Waals surface area contributed by atoms with Crippen LogP contribution in [0.5, 0.6) is 0 Å². The molecule has 0 fully saturated rings. The molecule has 0 aromatic heterocycles. The summed E-state index contributed by atoms with van der Waals surface area (Å²) in [5, 5.41) is 0. The van der Waals surface area contributed by atoms with E-state index in [2.05, 4.69) is 14.6 Å². The third kappa shape index (κ3) is 4.20. The van der Waals surface area contributed by atoms with Crippen molar-refractivity contribution in [3.05, 3.63) is 0 Å². The van der Waals surface area contributed by atoms with Gasteiger partial charge in [-0.3, -0.25) is 0 Å². The van der Waals surface area contributed by atoms with E-state index in [1.807, 2.05) is 13.5 Å². The Hall–Kier alpha value is 0.354. The third-order valence-electron chi connectivity index (χ3n) is 0.491. The minimum atomic E-state index is -0.966. The van der Waals surface area contributed by atoms with Crippen molar-refractivity contribution in [3.8, 4) is 0 Å². The molecule has 0 aromatic carbocycles. The highest BCUT2D eigenvalue weighted by Crippen LogP contribution is 1.81. The molecule has 0 aliphatic carbocycles. The van der Waals surface area contributed by atoms with Crippen molar-refractivity contribution < 1.29 is 8.54 Å². The summed E-state index contributed by atoms with van der Waals surface area (Å²) in [6, 6.07) is 0. The maximum absolute atomic E-state index is 5.02. The molecule has 4 heteroatoms. The molecule has 7 heavy (non-hydrogen) atoms. The van der Waals surface area contributed by atoms with Crippen LogP contribution in [0.4, 0.5) is 0 Å². The van der Waals surface area contributed by atoms with Crippen molar-refractivity contribution in [2.24, 2.45) is 0 Å². The van der Waals surface area contributed by atoms with E-state index in [1.165, 1.54) is 0 Å². The molecule has 0 rings (SSSR count). The molecule has 0 amide bonds. The molecule has 0 aromatic rings. The smallest absolute Gasteiger partial charge is 0.369 e. The molecular weight excluding hydrogens is 124 g/mol. The standard InChI is InChI=1S/C3H8O2Si2/c1-3-4-7(2)5-6/h3H2,1-2H3. The summed E-state index contributed by atoms with van der Waals surface area (Å²) in [5.41, 5.74) is 0. The Morgan fingerprint density at radius 2 is 2.29 bits per heavy atom. The number of rotatable bonds is 3. The van der Waals surface area contributed by atoms with Gasteiger partial charge in [0.1, 0.15) is 0 Å². The van der Waals surface area contributed by atoms with Crippen molar-refractivity contribution in [2.45, 2.75) is 13.5 Å².